The van der Waals surface area contributed by atoms with Gasteiger partial charge in [0.25, 0.3) is 5.91 Å². The molecular formula is C18H18N2O6S. The van der Waals surface area contributed by atoms with Crippen molar-refractivity contribution in [3.8, 4) is 0 Å². The van der Waals surface area contributed by atoms with Crippen LogP contribution in [0, 0.1) is 0 Å². The maximum Gasteiger partial charge on any atom is 0.340 e. The van der Waals surface area contributed by atoms with Crippen LogP contribution >= 0.6 is 11.3 Å². The van der Waals surface area contributed by atoms with E-state index >= 15 is 0 Å². The van der Waals surface area contributed by atoms with Gasteiger partial charge in [-0.3, -0.25) is 9.69 Å². The molecule has 2 aromatic rings. The summed E-state index contributed by atoms with van der Waals surface area (Å²) in [5.74, 6) is -2.44. The molecule has 1 aliphatic rings. The number of thiazole rings is 1. The van der Waals surface area contributed by atoms with Crippen LogP contribution < -0.4 is 4.90 Å². The van der Waals surface area contributed by atoms with Crippen LogP contribution in [0.4, 0.5) is 5.13 Å². The average molecular weight is 390 g/mol. The molecule has 1 aromatic heterocycles. The number of ether oxygens (including phenoxy) is 3. The number of carbonyl (C=O) groups is 3. The van der Waals surface area contributed by atoms with Crippen molar-refractivity contribution in [1.29, 1.82) is 0 Å². The first-order valence-electron chi connectivity index (χ1n) is 8.34. The minimum absolute atomic E-state index is 0.0875. The van der Waals surface area contributed by atoms with Crippen molar-refractivity contribution in [2.45, 2.75) is 19.9 Å². The summed E-state index contributed by atoms with van der Waals surface area (Å²) in [6, 6.07) is 6.01. The Hall–Kier alpha value is -2.94. The third-order valence-corrected chi connectivity index (χ3v) is 4.92. The summed E-state index contributed by atoms with van der Waals surface area (Å²) in [5, 5.41) is 0.271. The second-order valence-electron chi connectivity index (χ2n) is 5.46. The van der Waals surface area contributed by atoms with Gasteiger partial charge in [-0.15, -0.1) is 0 Å². The Morgan fingerprint density at radius 3 is 2.52 bits per heavy atom. The molecule has 0 spiro atoms. The molecule has 1 atom stereocenters. The van der Waals surface area contributed by atoms with Crippen molar-refractivity contribution in [2.24, 2.45) is 0 Å². The van der Waals surface area contributed by atoms with Gasteiger partial charge in [-0.2, -0.15) is 0 Å². The maximum atomic E-state index is 12.9. The van der Waals surface area contributed by atoms with Gasteiger partial charge in [0.05, 0.1) is 30.5 Å². The molecule has 0 saturated heterocycles. The Morgan fingerprint density at radius 1 is 1.19 bits per heavy atom. The first kappa shape index (κ1) is 18.8. The molecule has 0 N–H and O–H groups in total. The molecule has 3 rings (SSSR count). The van der Waals surface area contributed by atoms with E-state index in [0.717, 1.165) is 9.60 Å². The van der Waals surface area contributed by atoms with E-state index in [1.54, 1.807) is 19.9 Å². The zero-order valence-electron chi connectivity index (χ0n) is 15.1. The molecule has 2 heterocycles. The summed E-state index contributed by atoms with van der Waals surface area (Å²) in [6.07, 6.45) is 0. The van der Waals surface area contributed by atoms with E-state index in [1.807, 2.05) is 18.2 Å². The van der Waals surface area contributed by atoms with Crippen LogP contribution in [0.25, 0.3) is 10.2 Å². The van der Waals surface area contributed by atoms with E-state index in [-0.39, 0.29) is 29.7 Å². The lowest BCUT2D eigenvalue weighted by atomic mass is 10.1. The van der Waals surface area contributed by atoms with E-state index < -0.39 is 23.9 Å². The molecule has 1 aliphatic heterocycles. The fraction of sp³-hybridized carbons (Fsp3) is 0.333. The minimum Gasteiger partial charge on any atom is -0.491 e. The zero-order chi connectivity index (χ0) is 19.6. The number of fused-ring (bicyclic) bond motifs is 1. The SMILES string of the molecule is CCOC(=O)C1=C(OC)C(=O)N(c2nc3ccccc3s2)C1C(=O)OCC. The van der Waals surface area contributed by atoms with Gasteiger partial charge in [0.2, 0.25) is 0 Å². The summed E-state index contributed by atoms with van der Waals surface area (Å²) in [7, 11) is 1.26. The number of hydrogen-bond acceptors (Lipinski definition) is 8. The highest BCUT2D eigenvalue weighted by atomic mass is 32.1. The van der Waals surface area contributed by atoms with Gasteiger partial charge < -0.3 is 14.2 Å². The first-order chi connectivity index (χ1) is 13.0. The molecule has 9 heteroatoms. The Morgan fingerprint density at radius 2 is 1.89 bits per heavy atom. The summed E-state index contributed by atoms with van der Waals surface area (Å²) >= 11 is 1.23. The van der Waals surface area contributed by atoms with Crippen LogP contribution in [0.2, 0.25) is 0 Å². The summed E-state index contributed by atoms with van der Waals surface area (Å²) in [4.78, 5) is 43.6. The second kappa shape index (κ2) is 7.75. The third-order valence-electron chi connectivity index (χ3n) is 3.89. The van der Waals surface area contributed by atoms with Gasteiger partial charge in [-0.1, -0.05) is 23.5 Å². The number of methoxy groups -OCH3 is 1. The molecular weight excluding hydrogens is 372 g/mol. The number of carbonyl (C=O) groups excluding carboxylic acids is 3. The minimum atomic E-state index is -1.31. The number of aromatic nitrogens is 1. The van der Waals surface area contributed by atoms with E-state index in [1.165, 1.54) is 18.4 Å². The van der Waals surface area contributed by atoms with E-state index in [0.29, 0.717) is 5.52 Å². The van der Waals surface area contributed by atoms with Gasteiger partial charge >= 0.3 is 11.9 Å². The maximum absolute atomic E-state index is 12.9. The Balaban J connectivity index is 2.13. The standard InChI is InChI=1S/C18H18N2O6S/c1-4-25-16(22)12-13(17(23)26-5-2)20(15(21)14(12)24-3)18-19-10-8-6-7-9-11(10)27-18/h6-9,13H,4-5H2,1-3H3. The first-order valence-corrected chi connectivity index (χ1v) is 9.16. The molecule has 1 aromatic carbocycles. The Kier molecular flexibility index (Phi) is 5.41. The molecule has 1 unspecified atom stereocenters. The van der Waals surface area contributed by atoms with Gasteiger partial charge in [0.15, 0.2) is 16.9 Å². The van der Waals surface area contributed by atoms with Crippen molar-refractivity contribution in [1.82, 2.24) is 4.98 Å². The summed E-state index contributed by atoms with van der Waals surface area (Å²) < 4.78 is 16.1. The van der Waals surface area contributed by atoms with Crippen molar-refractivity contribution in [2.75, 3.05) is 25.2 Å². The summed E-state index contributed by atoms with van der Waals surface area (Å²) in [6.45, 7) is 3.45. The van der Waals surface area contributed by atoms with Crippen molar-refractivity contribution >= 4 is 44.5 Å². The number of para-hydroxylation sites is 1. The van der Waals surface area contributed by atoms with Crippen molar-refractivity contribution < 1.29 is 28.6 Å². The number of benzene rings is 1. The zero-order valence-corrected chi connectivity index (χ0v) is 15.9. The lowest BCUT2D eigenvalue weighted by molar-refractivity contribution is -0.147. The molecule has 27 heavy (non-hydrogen) atoms. The Bertz CT molecular complexity index is 902. The normalized spacial score (nSPS) is 16.8. The molecule has 0 radical (unpaired) electrons. The van der Waals surface area contributed by atoms with Gasteiger partial charge in [-0.05, 0) is 26.0 Å². The molecule has 0 bridgehead atoms. The number of esters is 2. The smallest absolute Gasteiger partial charge is 0.340 e. The quantitative estimate of drug-likeness (QED) is 0.697. The topological polar surface area (TPSA) is 95.0 Å². The largest absolute Gasteiger partial charge is 0.491 e. The second-order valence-corrected chi connectivity index (χ2v) is 6.47. The highest BCUT2D eigenvalue weighted by Crippen LogP contribution is 2.37. The number of anilines is 1. The predicted molar refractivity (Wildman–Crippen MR) is 98.2 cm³/mol. The van der Waals surface area contributed by atoms with Gasteiger partial charge in [0, 0.05) is 0 Å². The Labute approximate surface area is 159 Å². The van der Waals surface area contributed by atoms with Gasteiger partial charge in [0.1, 0.15) is 5.57 Å². The highest BCUT2D eigenvalue weighted by molar-refractivity contribution is 7.22. The molecule has 142 valence electrons. The van der Waals surface area contributed by atoms with Crippen LogP contribution in [-0.2, 0) is 28.6 Å². The van der Waals surface area contributed by atoms with Crippen LogP contribution in [-0.4, -0.2) is 49.2 Å². The molecule has 0 saturated carbocycles. The van der Waals surface area contributed by atoms with Crippen LogP contribution in [0.5, 0.6) is 0 Å². The molecule has 0 aliphatic carbocycles. The fourth-order valence-corrected chi connectivity index (χ4v) is 3.80. The number of amides is 1. The van der Waals surface area contributed by atoms with Crippen molar-refractivity contribution in [3.05, 3.63) is 35.6 Å². The number of nitrogens with zero attached hydrogens (tertiary/aromatic N) is 2. The average Bonchev–Trinajstić information content (AvgIpc) is 3.20. The third kappa shape index (κ3) is 3.25. The van der Waals surface area contributed by atoms with Gasteiger partial charge in [-0.25, -0.2) is 14.6 Å². The monoisotopic (exact) mass is 390 g/mol. The predicted octanol–water partition coefficient (Wildman–Crippen LogP) is 2.04. The highest BCUT2D eigenvalue weighted by Gasteiger charge is 2.51. The lowest BCUT2D eigenvalue weighted by Crippen LogP contribution is -2.43. The van der Waals surface area contributed by atoms with Crippen LogP contribution in [0.15, 0.2) is 35.6 Å². The van der Waals surface area contributed by atoms with E-state index in [2.05, 4.69) is 4.98 Å². The van der Waals surface area contributed by atoms with Crippen LogP contribution in [0.1, 0.15) is 13.8 Å². The number of hydrogen-bond donors (Lipinski definition) is 0. The van der Waals surface area contributed by atoms with Crippen LogP contribution in [0.3, 0.4) is 0 Å². The molecule has 1 amide bonds. The lowest BCUT2D eigenvalue weighted by Gasteiger charge is -2.21. The summed E-state index contributed by atoms with van der Waals surface area (Å²) in [5.41, 5.74) is 0.499. The molecule has 8 nitrogen and oxygen atoms in total. The van der Waals surface area contributed by atoms with E-state index in [4.69, 9.17) is 14.2 Å². The van der Waals surface area contributed by atoms with E-state index in [9.17, 15) is 14.4 Å². The number of rotatable bonds is 6. The fourth-order valence-electron chi connectivity index (χ4n) is 2.81. The van der Waals surface area contributed by atoms with Crippen molar-refractivity contribution in [3.63, 3.8) is 0 Å². The molecule has 0 fully saturated rings.